The summed E-state index contributed by atoms with van der Waals surface area (Å²) >= 11 is 0. The molecule has 0 saturated carbocycles. The van der Waals surface area contributed by atoms with Crippen LogP contribution in [-0.2, 0) is 27.3 Å². The van der Waals surface area contributed by atoms with Crippen molar-refractivity contribution in [2.75, 3.05) is 12.9 Å². The highest BCUT2D eigenvalue weighted by molar-refractivity contribution is 7.85. The Labute approximate surface area is 113 Å². The third kappa shape index (κ3) is 2.67. The number of para-hydroxylation sites is 1. The third-order valence-corrected chi connectivity index (χ3v) is 4.24. The number of hydrogen-bond acceptors (Lipinski definition) is 3. The number of hydrogen-bond donors (Lipinski definition) is 0. The van der Waals surface area contributed by atoms with Crippen molar-refractivity contribution in [3.8, 4) is 0 Å². The number of nitrogens with zero attached hydrogens (tertiary/aromatic N) is 1. The van der Waals surface area contributed by atoms with Crippen LogP contribution in [0.5, 0.6) is 0 Å². The van der Waals surface area contributed by atoms with Crippen LogP contribution in [0.1, 0.15) is 12.1 Å². The molecule has 3 rings (SSSR count). The molecule has 102 valence electrons. The fraction of sp³-hybridized carbons (Fsp3) is 0.429. The molecule has 0 saturated heterocycles. The molecule has 1 atom stereocenters. The van der Waals surface area contributed by atoms with Gasteiger partial charge in [0.25, 0.3) is 10.1 Å². The van der Waals surface area contributed by atoms with Crippen LogP contribution in [0.4, 0.5) is 0 Å². The molecule has 5 heteroatoms. The average Bonchev–Trinajstić information content (AvgIpc) is 2.73. The zero-order valence-corrected chi connectivity index (χ0v) is 11.7. The van der Waals surface area contributed by atoms with Gasteiger partial charge < -0.3 is 4.57 Å². The quantitative estimate of drug-likeness (QED) is 0.809. The summed E-state index contributed by atoms with van der Waals surface area (Å²) in [6, 6.07) is 10.5. The second-order valence-corrected chi connectivity index (χ2v) is 6.84. The Bertz CT molecular complexity index is 703. The van der Waals surface area contributed by atoms with Gasteiger partial charge >= 0.3 is 0 Å². The molecule has 0 amide bonds. The Kier molecular flexibility index (Phi) is 3.11. The Morgan fingerprint density at radius 2 is 2.16 bits per heavy atom. The number of aromatic nitrogens is 1. The van der Waals surface area contributed by atoms with Crippen molar-refractivity contribution in [3.05, 3.63) is 36.0 Å². The van der Waals surface area contributed by atoms with E-state index in [1.165, 1.54) is 16.6 Å². The maximum Gasteiger partial charge on any atom is 0.264 e. The number of benzene rings is 1. The van der Waals surface area contributed by atoms with Gasteiger partial charge in [0.2, 0.25) is 0 Å². The highest BCUT2D eigenvalue weighted by atomic mass is 32.2. The number of rotatable bonds is 3. The molecule has 0 aliphatic carbocycles. The van der Waals surface area contributed by atoms with Crippen molar-refractivity contribution in [1.29, 1.82) is 0 Å². The van der Waals surface area contributed by atoms with E-state index in [-0.39, 0.29) is 5.92 Å². The van der Waals surface area contributed by atoms with Crippen LogP contribution in [0.3, 0.4) is 0 Å². The lowest BCUT2D eigenvalue weighted by atomic mass is 9.97. The fourth-order valence-corrected chi connectivity index (χ4v) is 3.21. The normalized spacial score (nSPS) is 19.5. The monoisotopic (exact) mass is 279 g/mol. The molecule has 0 fully saturated rings. The SMILES string of the molecule is CS(=O)(=O)OCC1CCn2c(cc3ccccc32)C1. The molecule has 0 radical (unpaired) electrons. The molecule has 1 aliphatic heterocycles. The van der Waals surface area contributed by atoms with E-state index in [4.69, 9.17) is 4.18 Å². The first-order valence-electron chi connectivity index (χ1n) is 6.44. The van der Waals surface area contributed by atoms with Crippen molar-refractivity contribution in [3.63, 3.8) is 0 Å². The van der Waals surface area contributed by atoms with E-state index in [0.717, 1.165) is 25.6 Å². The smallest absolute Gasteiger partial charge is 0.264 e. The fourth-order valence-electron chi connectivity index (χ4n) is 2.77. The molecule has 0 spiro atoms. The summed E-state index contributed by atoms with van der Waals surface area (Å²) in [5.74, 6) is 0.284. The molecule has 0 N–H and O–H groups in total. The Hall–Kier alpha value is -1.33. The van der Waals surface area contributed by atoms with E-state index < -0.39 is 10.1 Å². The predicted molar refractivity (Wildman–Crippen MR) is 74.5 cm³/mol. The molecule has 2 aromatic rings. The van der Waals surface area contributed by atoms with Crippen LogP contribution in [0.2, 0.25) is 0 Å². The maximum absolute atomic E-state index is 11.0. The molecule has 1 aromatic carbocycles. The van der Waals surface area contributed by atoms with Crippen molar-refractivity contribution in [2.45, 2.75) is 19.4 Å². The average molecular weight is 279 g/mol. The van der Waals surface area contributed by atoms with Gasteiger partial charge in [0.1, 0.15) is 0 Å². The lowest BCUT2D eigenvalue weighted by Crippen LogP contribution is -2.23. The van der Waals surface area contributed by atoms with E-state index in [2.05, 4.69) is 28.8 Å². The van der Waals surface area contributed by atoms with Crippen LogP contribution < -0.4 is 0 Å². The van der Waals surface area contributed by atoms with Gasteiger partial charge in [-0.25, -0.2) is 0 Å². The molecule has 0 bridgehead atoms. The molecule has 1 aliphatic rings. The summed E-state index contributed by atoms with van der Waals surface area (Å²) in [5, 5.41) is 1.25. The van der Waals surface area contributed by atoms with Gasteiger partial charge in [-0.05, 0) is 36.3 Å². The number of aryl methyl sites for hydroxylation is 1. The first-order valence-corrected chi connectivity index (χ1v) is 8.26. The van der Waals surface area contributed by atoms with Crippen molar-refractivity contribution >= 4 is 21.0 Å². The molecular weight excluding hydrogens is 262 g/mol. The van der Waals surface area contributed by atoms with Crippen LogP contribution >= 0.6 is 0 Å². The van der Waals surface area contributed by atoms with E-state index in [0.29, 0.717) is 6.61 Å². The van der Waals surface area contributed by atoms with Crippen molar-refractivity contribution < 1.29 is 12.6 Å². The van der Waals surface area contributed by atoms with Gasteiger partial charge in [0.15, 0.2) is 0 Å². The molecule has 19 heavy (non-hydrogen) atoms. The predicted octanol–water partition coefficient (Wildman–Crippen LogP) is 2.18. The summed E-state index contributed by atoms with van der Waals surface area (Å²) in [7, 11) is -3.33. The number of fused-ring (bicyclic) bond motifs is 3. The minimum atomic E-state index is -3.33. The van der Waals surface area contributed by atoms with Gasteiger partial charge in [-0.1, -0.05) is 18.2 Å². The first kappa shape index (κ1) is 12.7. The van der Waals surface area contributed by atoms with Gasteiger partial charge in [0.05, 0.1) is 12.9 Å². The standard InChI is InChI=1S/C14H17NO3S/c1-19(16,17)18-10-11-6-7-15-13(8-11)9-12-4-2-3-5-14(12)15/h2-5,9,11H,6-8,10H2,1H3. The minimum Gasteiger partial charge on any atom is -0.345 e. The molecule has 2 heterocycles. The molecule has 1 aromatic heterocycles. The van der Waals surface area contributed by atoms with Crippen molar-refractivity contribution in [1.82, 2.24) is 4.57 Å². The maximum atomic E-state index is 11.0. The lowest BCUT2D eigenvalue weighted by molar-refractivity contribution is 0.228. The van der Waals surface area contributed by atoms with Gasteiger partial charge in [-0.2, -0.15) is 8.42 Å². The topological polar surface area (TPSA) is 48.3 Å². The van der Waals surface area contributed by atoms with Gasteiger partial charge in [0, 0.05) is 17.8 Å². The van der Waals surface area contributed by atoms with Crippen LogP contribution in [0.25, 0.3) is 10.9 Å². The summed E-state index contributed by atoms with van der Waals surface area (Å²) in [4.78, 5) is 0. The second-order valence-electron chi connectivity index (χ2n) is 5.19. The van der Waals surface area contributed by atoms with Crippen LogP contribution in [0.15, 0.2) is 30.3 Å². The minimum absolute atomic E-state index is 0.284. The summed E-state index contributed by atoms with van der Waals surface area (Å²) in [6.45, 7) is 1.22. The largest absolute Gasteiger partial charge is 0.345 e. The van der Waals surface area contributed by atoms with Crippen LogP contribution in [0, 0.1) is 5.92 Å². The zero-order chi connectivity index (χ0) is 13.5. The van der Waals surface area contributed by atoms with Gasteiger partial charge in [-0.3, -0.25) is 4.18 Å². The second kappa shape index (κ2) is 4.65. The molecule has 4 nitrogen and oxygen atoms in total. The van der Waals surface area contributed by atoms with E-state index in [1.807, 2.05) is 6.07 Å². The third-order valence-electron chi connectivity index (χ3n) is 3.67. The Balaban J connectivity index is 1.80. The summed E-state index contributed by atoms with van der Waals surface area (Å²) < 4.78 is 29.3. The Morgan fingerprint density at radius 3 is 2.95 bits per heavy atom. The summed E-state index contributed by atoms with van der Waals surface area (Å²) in [6.07, 6.45) is 2.94. The van der Waals surface area contributed by atoms with E-state index >= 15 is 0 Å². The molecule has 1 unspecified atom stereocenters. The summed E-state index contributed by atoms with van der Waals surface area (Å²) in [5.41, 5.74) is 2.54. The molecular formula is C14H17NO3S. The van der Waals surface area contributed by atoms with E-state index in [1.54, 1.807) is 0 Å². The first-order chi connectivity index (χ1) is 9.03. The van der Waals surface area contributed by atoms with Crippen LogP contribution in [-0.4, -0.2) is 25.8 Å². The Morgan fingerprint density at radius 1 is 1.37 bits per heavy atom. The zero-order valence-electron chi connectivity index (χ0n) is 10.9. The van der Waals surface area contributed by atoms with Gasteiger partial charge in [-0.15, -0.1) is 0 Å². The van der Waals surface area contributed by atoms with Crippen molar-refractivity contribution in [2.24, 2.45) is 5.92 Å². The highest BCUT2D eigenvalue weighted by Crippen LogP contribution is 2.28. The van der Waals surface area contributed by atoms with E-state index in [9.17, 15) is 8.42 Å². The lowest BCUT2D eigenvalue weighted by Gasteiger charge is -2.24. The highest BCUT2D eigenvalue weighted by Gasteiger charge is 2.21.